The van der Waals surface area contributed by atoms with Gasteiger partial charge in [-0.15, -0.1) is 0 Å². The van der Waals surface area contributed by atoms with Gasteiger partial charge < -0.3 is 10.4 Å². The minimum atomic E-state index is 0.261. The van der Waals surface area contributed by atoms with E-state index in [-0.39, 0.29) is 6.61 Å². The highest BCUT2D eigenvalue weighted by molar-refractivity contribution is 5.24. The third kappa shape index (κ3) is 4.79. The van der Waals surface area contributed by atoms with E-state index in [1.165, 1.54) is 11.1 Å². The first-order valence-electron chi connectivity index (χ1n) is 6.95. The summed E-state index contributed by atoms with van der Waals surface area (Å²) in [5.41, 5.74) is 2.69. The van der Waals surface area contributed by atoms with Gasteiger partial charge in [-0.1, -0.05) is 52.0 Å². The SMILES string of the molecule is CC(C)c1ccc(CNCC(CO)C(C)C)cc1. The monoisotopic (exact) mass is 249 g/mol. The van der Waals surface area contributed by atoms with Crippen LogP contribution in [-0.4, -0.2) is 18.3 Å². The molecule has 0 aliphatic carbocycles. The summed E-state index contributed by atoms with van der Waals surface area (Å²) in [6.07, 6.45) is 0. The number of benzene rings is 1. The van der Waals surface area contributed by atoms with Crippen LogP contribution in [0.4, 0.5) is 0 Å². The third-order valence-electron chi connectivity index (χ3n) is 3.56. The van der Waals surface area contributed by atoms with Gasteiger partial charge in [0.05, 0.1) is 0 Å². The second-order valence-electron chi connectivity index (χ2n) is 5.71. The summed E-state index contributed by atoms with van der Waals surface area (Å²) >= 11 is 0. The Bertz CT molecular complexity index is 329. The molecule has 2 N–H and O–H groups in total. The Morgan fingerprint density at radius 3 is 2.11 bits per heavy atom. The molecule has 2 nitrogen and oxygen atoms in total. The molecule has 1 atom stereocenters. The summed E-state index contributed by atoms with van der Waals surface area (Å²) in [5.74, 6) is 1.46. The van der Waals surface area contributed by atoms with Gasteiger partial charge in [-0.05, 0) is 28.9 Å². The summed E-state index contributed by atoms with van der Waals surface area (Å²) < 4.78 is 0. The van der Waals surface area contributed by atoms with E-state index in [9.17, 15) is 5.11 Å². The molecule has 0 fully saturated rings. The zero-order chi connectivity index (χ0) is 13.5. The molecule has 1 aromatic carbocycles. The van der Waals surface area contributed by atoms with Crippen molar-refractivity contribution in [3.8, 4) is 0 Å². The lowest BCUT2D eigenvalue weighted by Crippen LogP contribution is -2.28. The van der Waals surface area contributed by atoms with Crippen LogP contribution in [0.2, 0.25) is 0 Å². The molecular formula is C16H27NO. The zero-order valence-electron chi connectivity index (χ0n) is 12.1. The molecular weight excluding hydrogens is 222 g/mol. The lowest BCUT2D eigenvalue weighted by Gasteiger charge is -2.18. The summed E-state index contributed by atoms with van der Waals surface area (Å²) in [7, 11) is 0. The van der Waals surface area contributed by atoms with Crippen molar-refractivity contribution >= 4 is 0 Å². The summed E-state index contributed by atoms with van der Waals surface area (Å²) in [6, 6.07) is 8.78. The van der Waals surface area contributed by atoms with Gasteiger partial charge >= 0.3 is 0 Å². The maximum absolute atomic E-state index is 9.25. The predicted octanol–water partition coefficient (Wildman–Crippen LogP) is 3.16. The van der Waals surface area contributed by atoms with E-state index >= 15 is 0 Å². The number of hydrogen-bond acceptors (Lipinski definition) is 2. The van der Waals surface area contributed by atoms with Crippen LogP contribution >= 0.6 is 0 Å². The number of rotatable bonds is 7. The van der Waals surface area contributed by atoms with E-state index < -0.39 is 0 Å². The number of aliphatic hydroxyl groups excluding tert-OH is 1. The van der Waals surface area contributed by atoms with Gasteiger partial charge in [0, 0.05) is 19.7 Å². The van der Waals surface area contributed by atoms with Gasteiger partial charge in [-0.2, -0.15) is 0 Å². The molecule has 2 heteroatoms. The fourth-order valence-electron chi connectivity index (χ4n) is 1.93. The highest BCUT2D eigenvalue weighted by Crippen LogP contribution is 2.14. The normalized spacial score (nSPS) is 13.3. The van der Waals surface area contributed by atoms with Gasteiger partial charge in [-0.25, -0.2) is 0 Å². The topological polar surface area (TPSA) is 32.3 Å². The predicted molar refractivity (Wildman–Crippen MR) is 77.7 cm³/mol. The number of hydrogen-bond donors (Lipinski definition) is 2. The molecule has 18 heavy (non-hydrogen) atoms. The van der Waals surface area contributed by atoms with E-state index in [0.717, 1.165) is 13.1 Å². The molecule has 1 rings (SSSR count). The first-order valence-corrected chi connectivity index (χ1v) is 6.95. The standard InChI is InChI=1S/C16H27NO/c1-12(2)15-7-5-14(6-8-15)9-17-10-16(11-18)13(3)4/h5-8,12-13,16-18H,9-11H2,1-4H3. The Morgan fingerprint density at radius 2 is 1.67 bits per heavy atom. The largest absolute Gasteiger partial charge is 0.396 e. The number of aliphatic hydroxyl groups is 1. The number of nitrogens with one attached hydrogen (secondary N) is 1. The lowest BCUT2D eigenvalue weighted by molar-refractivity contribution is 0.186. The van der Waals surface area contributed by atoms with E-state index in [2.05, 4.69) is 57.3 Å². The Balaban J connectivity index is 2.39. The Hall–Kier alpha value is -0.860. The molecule has 0 heterocycles. The maximum Gasteiger partial charge on any atom is 0.0473 e. The molecule has 0 saturated carbocycles. The maximum atomic E-state index is 9.25. The van der Waals surface area contributed by atoms with Crippen molar-refractivity contribution in [3.05, 3.63) is 35.4 Å². The average molecular weight is 249 g/mol. The van der Waals surface area contributed by atoms with Crippen molar-refractivity contribution in [2.75, 3.05) is 13.2 Å². The second-order valence-corrected chi connectivity index (χ2v) is 5.71. The van der Waals surface area contributed by atoms with E-state index in [1.807, 2.05) is 0 Å². The second kappa shape index (κ2) is 7.55. The van der Waals surface area contributed by atoms with Gasteiger partial charge in [0.25, 0.3) is 0 Å². The van der Waals surface area contributed by atoms with Crippen molar-refractivity contribution in [1.82, 2.24) is 5.32 Å². The first kappa shape index (κ1) is 15.2. The van der Waals surface area contributed by atoms with Crippen molar-refractivity contribution in [2.24, 2.45) is 11.8 Å². The molecule has 0 aromatic heterocycles. The highest BCUT2D eigenvalue weighted by Gasteiger charge is 2.11. The third-order valence-corrected chi connectivity index (χ3v) is 3.56. The fourth-order valence-corrected chi connectivity index (χ4v) is 1.93. The van der Waals surface area contributed by atoms with E-state index in [4.69, 9.17) is 0 Å². The molecule has 1 aromatic rings. The molecule has 0 saturated heterocycles. The first-order chi connectivity index (χ1) is 8.54. The minimum Gasteiger partial charge on any atom is -0.396 e. The molecule has 0 aliphatic rings. The van der Waals surface area contributed by atoms with Crippen molar-refractivity contribution in [2.45, 2.75) is 40.2 Å². The van der Waals surface area contributed by atoms with E-state index in [0.29, 0.717) is 17.8 Å². The van der Waals surface area contributed by atoms with Gasteiger partial charge in [0.15, 0.2) is 0 Å². The van der Waals surface area contributed by atoms with Crippen LogP contribution in [0.25, 0.3) is 0 Å². The Morgan fingerprint density at radius 1 is 1.06 bits per heavy atom. The summed E-state index contributed by atoms with van der Waals surface area (Å²) in [5, 5.41) is 12.7. The van der Waals surface area contributed by atoms with Gasteiger partial charge in [0.2, 0.25) is 0 Å². The lowest BCUT2D eigenvalue weighted by atomic mass is 9.97. The van der Waals surface area contributed by atoms with Crippen molar-refractivity contribution in [1.29, 1.82) is 0 Å². The summed E-state index contributed by atoms with van der Waals surface area (Å²) in [6.45, 7) is 10.7. The van der Waals surface area contributed by atoms with Gasteiger partial charge in [-0.3, -0.25) is 0 Å². The van der Waals surface area contributed by atoms with E-state index in [1.54, 1.807) is 0 Å². The van der Waals surface area contributed by atoms with Crippen LogP contribution in [0, 0.1) is 11.8 Å². The molecule has 0 bridgehead atoms. The van der Waals surface area contributed by atoms with Gasteiger partial charge in [0.1, 0.15) is 0 Å². The van der Waals surface area contributed by atoms with Crippen molar-refractivity contribution < 1.29 is 5.11 Å². The summed E-state index contributed by atoms with van der Waals surface area (Å²) in [4.78, 5) is 0. The molecule has 102 valence electrons. The van der Waals surface area contributed by atoms with Crippen LogP contribution in [-0.2, 0) is 6.54 Å². The molecule has 0 radical (unpaired) electrons. The van der Waals surface area contributed by atoms with Crippen LogP contribution in [0.3, 0.4) is 0 Å². The van der Waals surface area contributed by atoms with Crippen LogP contribution in [0.15, 0.2) is 24.3 Å². The molecule has 0 amide bonds. The Labute approximate surface area is 111 Å². The fraction of sp³-hybridized carbons (Fsp3) is 0.625. The average Bonchev–Trinajstić information content (AvgIpc) is 2.34. The Kier molecular flexibility index (Phi) is 6.37. The van der Waals surface area contributed by atoms with Crippen LogP contribution in [0.1, 0.15) is 44.7 Å². The van der Waals surface area contributed by atoms with Crippen molar-refractivity contribution in [3.63, 3.8) is 0 Å². The molecule has 1 unspecified atom stereocenters. The van der Waals surface area contributed by atoms with Crippen LogP contribution in [0.5, 0.6) is 0 Å². The quantitative estimate of drug-likeness (QED) is 0.778. The van der Waals surface area contributed by atoms with Crippen LogP contribution < -0.4 is 5.32 Å². The minimum absolute atomic E-state index is 0.261. The highest BCUT2D eigenvalue weighted by atomic mass is 16.3. The smallest absolute Gasteiger partial charge is 0.0473 e. The molecule has 0 spiro atoms. The zero-order valence-corrected chi connectivity index (χ0v) is 12.1. The molecule has 0 aliphatic heterocycles.